The van der Waals surface area contributed by atoms with E-state index < -0.39 is 0 Å². The largest absolute Gasteiger partial charge is 0.376 e. The third-order valence-electron chi connectivity index (χ3n) is 5.04. The van der Waals surface area contributed by atoms with Crippen LogP contribution in [0.15, 0.2) is 24.5 Å². The van der Waals surface area contributed by atoms with E-state index in [1.54, 1.807) is 6.33 Å². The number of fused-ring (bicyclic) bond motifs is 1. The van der Waals surface area contributed by atoms with Gasteiger partial charge in [0, 0.05) is 29.6 Å². The predicted molar refractivity (Wildman–Crippen MR) is 93.1 cm³/mol. The molecule has 2 aromatic rings. The molecule has 2 heterocycles. The van der Waals surface area contributed by atoms with Gasteiger partial charge in [0.2, 0.25) is 0 Å². The molecule has 1 saturated heterocycles. The van der Waals surface area contributed by atoms with Gasteiger partial charge in [-0.05, 0) is 43.9 Å². The number of benzene rings is 1. The summed E-state index contributed by atoms with van der Waals surface area (Å²) in [6.45, 7) is 1.82. The molecular weight excluding hydrogens is 310 g/mol. The van der Waals surface area contributed by atoms with Crippen LogP contribution in [0.2, 0.25) is 5.02 Å². The number of nitrogens with zero attached hydrogens (tertiary/aromatic N) is 3. The summed E-state index contributed by atoms with van der Waals surface area (Å²) in [5, 5.41) is 1.80. The third kappa shape index (κ3) is 3.15. The van der Waals surface area contributed by atoms with Crippen LogP contribution in [0.1, 0.15) is 38.5 Å². The first-order valence-corrected chi connectivity index (χ1v) is 8.97. The minimum absolute atomic E-state index is 0.327. The van der Waals surface area contributed by atoms with E-state index in [0.717, 1.165) is 36.3 Å². The number of ether oxygens (including phenoxy) is 1. The smallest absolute Gasteiger partial charge is 0.140 e. The van der Waals surface area contributed by atoms with Crippen molar-refractivity contribution in [3.8, 4) is 0 Å². The quantitative estimate of drug-likeness (QED) is 0.841. The molecule has 1 aromatic carbocycles. The molecule has 0 amide bonds. The molecule has 0 radical (unpaired) electrons. The summed E-state index contributed by atoms with van der Waals surface area (Å²) in [4.78, 5) is 11.5. The lowest BCUT2D eigenvalue weighted by molar-refractivity contribution is 0.114. The molecule has 1 atom stereocenters. The van der Waals surface area contributed by atoms with Gasteiger partial charge in [0.05, 0.1) is 11.6 Å². The molecule has 23 heavy (non-hydrogen) atoms. The van der Waals surface area contributed by atoms with Gasteiger partial charge < -0.3 is 9.64 Å². The summed E-state index contributed by atoms with van der Waals surface area (Å²) in [5.74, 6) is 1.04. The standard InChI is InChI=1S/C18H22ClN3O/c19-13-7-8-16-17(10-13)20-12-21-18(16)22(14-4-1-2-5-14)11-15-6-3-9-23-15/h7-8,10,12,14-15H,1-6,9,11H2/t15-/m0/s1. The Hall–Kier alpha value is -1.39. The molecule has 1 aromatic heterocycles. The zero-order valence-corrected chi connectivity index (χ0v) is 14.0. The van der Waals surface area contributed by atoms with Gasteiger partial charge in [0.15, 0.2) is 0 Å². The highest BCUT2D eigenvalue weighted by Gasteiger charge is 2.29. The lowest BCUT2D eigenvalue weighted by Crippen LogP contribution is -2.40. The minimum Gasteiger partial charge on any atom is -0.376 e. The molecule has 1 aliphatic heterocycles. The molecule has 1 saturated carbocycles. The first-order valence-electron chi connectivity index (χ1n) is 8.60. The highest BCUT2D eigenvalue weighted by atomic mass is 35.5. The Bertz CT molecular complexity index is 681. The van der Waals surface area contributed by atoms with Gasteiger partial charge >= 0.3 is 0 Å². The Morgan fingerprint density at radius 2 is 2.00 bits per heavy atom. The first-order chi connectivity index (χ1) is 11.3. The zero-order chi connectivity index (χ0) is 15.6. The fourth-order valence-corrected chi connectivity index (χ4v) is 4.04. The topological polar surface area (TPSA) is 38.2 Å². The second kappa shape index (κ2) is 6.62. The molecule has 0 spiro atoms. The van der Waals surface area contributed by atoms with Crippen molar-refractivity contribution in [3.63, 3.8) is 0 Å². The fraction of sp³-hybridized carbons (Fsp3) is 0.556. The van der Waals surface area contributed by atoms with Crippen LogP contribution < -0.4 is 4.90 Å². The lowest BCUT2D eigenvalue weighted by atomic mass is 10.1. The van der Waals surface area contributed by atoms with Crippen molar-refractivity contribution >= 4 is 28.3 Å². The summed E-state index contributed by atoms with van der Waals surface area (Å²) in [5.41, 5.74) is 0.915. The van der Waals surface area contributed by atoms with E-state index in [-0.39, 0.29) is 0 Å². The molecule has 4 rings (SSSR count). The minimum atomic E-state index is 0.327. The Morgan fingerprint density at radius 1 is 1.13 bits per heavy atom. The third-order valence-corrected chi connectivity index (χ3v) is 5.27. The van der Waals surface area contributed by atoms with Crippen molar-refractivity contribution in [2.75, 3.05) is 18.1 Å². The second-order valence-corrected chi connectivity index (χ2v) is 7.02. The first kappa shape index (κ1) is 15.2. The van der Waals surface area contributed by atoms with Gasteiger partial charge in [0.25, 0.3) is 0 Å². The van der Waals surface area contributed by atoms with Crippen molar-refractivity contribution in [3.05, 3.63) is 29.5 Å². The average molecular weight is 332 g/mol. The van der Waals surface area contributed by atoms with Crippen LogP contribution in [0, 0.1) is 0 Å². The van der Waals surface area contributed by atoms with Crippen molar-refractivity contribution in [2.45, 2.75) is 50.7 Å². The van der Waals surface area contributed by atoms with Crippen LogP contribution in [0.5, 0.6) is 0 Å². The predicted octanol–water partition coefficient (Wildman–Crippen LogP) is 4.21. The number of hydrogen-bond donors (Lipinski definition) is 0. The maximum absolute atomic E-state index is 6.12. The number of rotatable bonds is 4. The van der Waals surface area contributed by atoms with Crippen LogP contribution in [0.3, 0.4) is 0 Å². The van der Waals surface area contributed by atoms with Crippen molar-refractivity contribution in [1.29, 1.82) is 0 Å². The highest BCUT2D eigenvalue weighted by Crippen LogP contribution is 2.33. The lowest BCUT2D eigenvalue weighted by Gasteiger charge is -2.32. The van der Waals surface area contributed by atoms with E-state index in [4.69, 9.17) is 16.3 Å². The monoisotopic (exact) mass is 331 g/mol. The van der Waals surface area contributed by atoms with Gasteiger partial charge in [0.1, 0.15) is 12.1 Å². The Labute approximate surface area is 141 Å². The summed E-state index contributed by atoms with van der Waals surface area (Å²) in [6, 6.07) is 6.45. The molecule has 0 unspecified atom stereocenters. The molecule has 0 bridgehead atoms. The van der Waals surface area contributed by atoms with Gasteiger partial charge in [-0.25, -0.2) is 9.97 Å². The second-order valence-electron chi connectivity index (χ2n) is 6.58. The fourth-order valence-electron chi connectivity index (χ4n) is 3.88. The van der Waals surface area contributed by atoms with Crippen LogP contribution in [0.4, 0.5) is 5.82 Å². The van der Waals surface area contributed by atoms with Crippen LogP contribution >= 0.6 is 11.6 Å². The van der Waals surface area contributed by atoms with E-state index >= 15 is 0 Å². The summed E-state index contributed by atoms with van der Waals surface area (Å²) in [6.07, 6.45) is 9.40. The maximum atomic E-state index is 6.12. The molecule has 2 aliphatic rings. The van der Waals surface area contributed by atoms with Crippen molar-refractivity contribution in [2.24, 2.45) is 0 Å². The molecule has 5 heteroatoms. The van der Waals surface area contributed by atoms with E-state index in [2.05, 4.69) is 14.9 Å². The van der Waals surface area contributed by atoms with E-state index in [1.165, 1.54) is 32.1 Å². The number of halogens is 1. The average Bonchev–Trinajstić information content (AvgIpc) is 3.25. The zero-order valence-electron chi connectivity index (χ0n) is 13.2. The molecule has 122 valence electrons. The number of aromatic nitrogens is 2. The van der Waals surface area contributed by atoms with Gasteiger partial charge in [-0.3, -0.25) is 0 Å². The maximum Gasteiger partial charge on any atom is 0.140 e. The van der Waals surface area contributed by atoms with Crippen LogP contribution in [-0.2, 0) is 4.74 Å². The highest BCUT2D eigenvalue weighted by molar-refractivity contribution is 6.31. The van der Waals surface area contributed by atoms with E-state index in [9.17, 15) is 0 Å². The van der Waals surface area contributed by atoms with Crippen LogP contribution in [-0.4, -0.2) is 35.3 Å². The molecule has 4 nitrogen and oxygen atoms in total. The Kier molecular flexibility index (Phi) is 4.36. The van der Waals surface area contributed by atoms with E-state index in [1.807, 2.05) is 18.2 Å². The summed E-state index contributed by atoms with van der Waals surface area (Å²) < 4.78 is 5.89. The molecule has 0 N–H and O–H groups in total. The van der Waals surface area contributed by atoms with Gasteiger partial charge in [-0.15, -0.1) is 0 Å². The van der Waals surface area contributed by atoms with Gasteiger partial charge in [-0.1, -0.05) is 24.4 Å². The molecular formula is C18H22ClN3O. The van der Waals surface area contributed by atoms with Crippen LogP contribution in [0.25, 0.3) is 10.9 Å². The normalized spacial score (nSPS) is 22.0. The van der Waals surface area contributed by atoms with Crippen molar-refractivity contribution in [1.82, 2.24) is 9.97 Å². The SMILES string of the molecule is Clc1ccc2c(N(C[C@@H]3CCCO3)C3CCCC3)ncnc2c1. The van der Waals surface area contributed by atoms with E-state index in [0.29, 0.717) is 17.2 Å². The Morgan fingerprint density at radius 3 is 2.78 bits per heavy atom. The number of hydrogen-bond acceptors (Lipinski definition) is 4. The summed E-state index contributed by atoms with van der Waals surface area (Å²) >= 11 is 6.12. The number of anilines is 1. The Balaban J connectivity index is 1.72. The van der Waals surface area contributed by atoms with Gasteiger partial charge in [-0.2, -0.15) is 0 Å². The van der Waals surface area contributed by atoms with Crippen molar-refractivity contribution < 1.29 is 4.74 Å². The summed E-state index contributed by atoms with van der Waals surface area (Å²) in [7, 11) is 0. The molecule has 1 aliphatic carbocycles. The molecule has 2 fully saturated rings.